The molecule has 3 aromatic rings. The minimum Gasteiger partial charge on any atom is -0.378 e. The number of carbonyl (C=O) groups excluding carboxylic acids is 1. The molecule has 1 aliphatic heterocycles. The molecule has 3 heteroatoms. The van der Waals surface area contributed by atoms with E-state index in [9.17, 15) is 4.79 Å². The number of hydrogen-bond acceptors (Lipinski definition) is 2. The summed E-state index contributed by atoms with van der Waals surface area (Å²) in [5.74, 6) is 2.66. The lowest BCUT2D eigenvalue weighted by Crippen LogP contribution is -2.35. The molecule has 162 valence electrons. The third-order valence-corrected chi connectivity index (χ3v) is 8.36. The monoisotopic (exact) mass is 422 g/mol. The second-order valence-electron chi connectivity index (χ2n) is 9.97. The van der Waals surface area contributed by atoms with Gasteiger partial charge in [0.2, 0.25) is 0 Å². The van der Waals surface area contributed by atoms with Gasteiger partial charge in [-0.15, -0.1) is 0 Å². The molecule has 2 saturated carbocycles. The van der Waals surface area contributed by atoms with Crippen LogP contribution in [0.5, 0.6) is 0 Å². The largest absolute Gasteiger partial charge is 0.378 e. The van der Waals surface area contributed by atoms with Gasteiger partial charge in [-0.05, 0) is 103 Å². The molecular formula is C29H30N2O. The van der Waals surface area contributed by atoms with Crippen molar-refractivity contribution < 1.29 is 4.79 Å². The average Bonchev–Trinajstić information content (AvgIpc) is 3.44. The van der Waals surface area contributed by atoms with E-state index in [0.717, 1.165) is 28.7 Å². The molecule has 5 atom stereocenters. The molecular weight excluding hydrogens is 392 g/mol. The number of rotatable bonds is 3. The highest BCUT2D eigenvalue weighted by atomic mass is 16.1. The van der Waals surface area contributed by atoms with Crippen molar-refractivity contribution in [2.45, 2.75) is 45.1 Å². The van der Waals surface area contributed by atoms with Crippen LogP contribution in [0.15, 0.2) is 66.7 Å². The van der Waals surface area contributed by atoms with Gasteiger partial charge >= 0.3 is 0 Å². The van der Waals surface area contributed by atoms with Gasteiger partial charge < -0.3 is 10.6 Å². The third kappa shape index (κ3) is 3.06. The number of amides is 1. The van der Waals surface area contributed by atoms with Crippen LogP contribution in [0.1, 0.15) is 63.8 Å². The van der Waals surface area contributed by atoms with Gasteiger partial charge in [-0.25, -0.2) is 0 Å². The van der Waals surface area contributed by atoms with Crippen LogP contribution in [-0.2, 0) is 0 Å². The van der Waals surface area contributed by atoms with Gasteiger partial charge in [0.05, 0.1) is 6.04 Å². The molecule has 0 saturated heterocycles. The number of aryl methyl sites for hydroxylation is 1. The van der Waals surface area contributed by atoms with Gasteiger partial charge in [-0.1, -0.05) is 42.5 Å². The van der Waals surface area contributed by atoms with E-state index in [2.05, 4.69) is 73.0 Å². The first-order valence-corrected chi connectivity index (χ1v) is 11.9. The highest BCUT2D eigenvalue weighted by molar-refractivity contribution is 6.05. The van der Waals surface area contributed by atoms with E-state index >= 15 is 0 Å². The van der Waals surface area contributed by atoms with Crippen LogP contribution in [0.4, 0.5) is 11.4 Å². The van der Waals surface area contributed by atoms with Crippen molar-refractivity contribution in [1.29, 1.82) is 0 Å². The lowest BCUT2D eigenvalue weighted by Gasteiger charge is -2.43. The predicted octanol–water partition coefficient (Wildman–Crippen LogP) is 6.85. The molecule has 1 heterocycles. The van der Waals surface area contributed by atoms with Gasteiger partial charge in [-0.3, -0.25) is 4.79 Å². The summed E-state index contributed by atoms with van der Waals surface area (Å²) in [5, 5.41) is 7.01. The number of anilines is 2. The van der Waals surface area contributed by atoms with Crippen LogP contribution in [-0.4, -0.2) is 5.91 Å². The standard InChI is InChI=1S/C29H30N2O/c1-17-7-6-10-24(18(17)2)31-29(32)22-13-14-25-23(16-22)26-20-11-12-21(15-20)27(26)28(30-25)19-8-4-3-5-9-19/h3-10,13-14,16,20-21,26-28,30H,11-12,15H2,1-2H3,(H,31,32)/t20-,21+,26+,27+,28+/m1/s1. The summed E-state index contributed by atoms with van der Waals surface area (Å²) in [6.45, 7) is 4.14. The zero-order chi connectivity index (χ0) is 21.8. The summed E-state index contributed by atoms with van der Waals surface area (Å²) in [5.41, 5.74) is 7.91. The maximum absolute atomic E-state index is 13.2. The van der Waals surface area contributed by atoms with Gasteiger partial charge in [0, 0.05) is 16.9 Å². The fourth-order valence-corrected chi connectivity index (χ4v) is 6.70. The first-order valence-electron chi connectivity index (χ1n) is 11.9. The summed E-state index contributed by atoms with van der Waals surface area (Å²) in [4.78, 5) is 13.2. The lowest BCUT2D eigenvalue weighted by molar-refractivity contribution is 0.102. The van der Waals surface area contributed by atoms with Crippen molar-refractivity contribution in [3.05, 3.63) is 94.5 Å². The van der Waals surface area contributed by atoms with Gasteiger partial charge in [0.25, 0.3) is 5.91 Å². The van der Waals surface area contributed by atoms with Crippen molar-refractivity contribution in [3.8, 4) is 0 Å². The van der Waals surface area contributed by atoms with E-state index in [-0.39, 0.29) is 5.91 Å². The van der Waals surface area contributed by atoms with Crippen LogP contribution >= 0.6 is 0 Å². The highest BCUT2D eigenvalue weighted by Crippen LogP contribution is 2.63. The molecule has 2 aliphatic carbocycles. The highest BCUT2D eigenvalue weighted by Gasteiger charge is 2.53. The van der Waals surface area contributed by atoms with Crippen molar-refractivity contribution in [2.24, 2.45) is 17.8 Å². The van der Waals surface area contributed by atoms with E-state index in [1.807, 2.05) is 18.2 Å². The molecule has 2 N–H and O–H groups in total. The van der Waals surface area contributed by atoms with Crippen LogP contribution < -0.4 is 10.6 Å². The average molecular weight is 423 g/mol. The number of nitrogens with one attached hydrogen (secondary N) is 2. The number of carbonyl (C=O) groups is 1. The molecule has 6 rings (SSSR count). The van der Waals surface area contributed by atoms with E-state index < -0.39 is 0 Å². The Morgan fingerprint density at radius 2 is 1.75 bits per heavy atom. The van der Waals surface area contributed by atoms with E-state index in [0.29, 0.717) is 17.9 Å². The van der Waals surface area contributed by atoms with E-state index in [4.69, 9.17) is 0 Å². The minimum atomic E-state index is -0.0219. The Balaban J connectivity index is 1.35. The Morgan fingerprint density at radius 1 is 0.938 bits per heavy atom. The lowest BCUT2D eigenvalue weighted by atomic mass is 9.68. The fraction of sp³-hybridized carbons (Fsp3) is 0.345. The maximum Gasteiger partial charge on any atom is 0.255 e. The van der Waals surface area contributed by atoms with E-state index in [1.54, 1.807) is 0 Å². The summed E-state index contributed by atoms with van der Waals surface area (Å²) >= 11 is 0. The predicted molar refractivity (Wildman–Crippen MR) is 130 cm³/mol. The zero-order valence-electron chi connectivity index (χ0n) is 18.8. The molecule has 3 aliphatic rings. The molecule has 1 amide bonds. The Kier molecular flexibility index (Phi) is 4.60. The van der Waals surface area contributed by atoms with Crippen LogP contribution in [0.3, 0.4) is 0 Å². The first kappa shape index (κ1) is 19.6. The molecule has 3 nitrogen and oxygen atoms in total. The van der Waals surface area contributed by atoms with Crippen LogP contribution in [0.2, 0.25) is 0 Å². The van der Waals surface area contributed by atoms with Crippen molar-refractivity contribution in [1.82, 2.24) is 0 Å². The number of fused-ring (bicyclic) bond motifs is 7. The van der Waals surface area contributed by atoms with Crippen molar-refractivity contribution in [3.63, 3.8) is 0 Å². The smallest absolute Gasteiger partial charge is 0.255 e. The van der Waals surface area contributed by atoms with Gasteiger partial charge in [0.15, 0.2) is 0 Å². The van der Waals surface area contributed by atoms with E-state index in [1.165, 1.54) is 41.6 Å². The first-order chi connectivity index (χ1) is 15.6. The molecule has 0 aromatic heterocycles. The molecule has 0 unspecified atom stereocenters. The summed E-state index contributed by atoms with van der Waals surface area (Å²) in [6, 6.07) is 23.6. The summed E-state index contributed by atoms with van der Waals surface area (Å²) in [6.07, 6.45) is 4.00. The molecule has 2 bridgehead atoms. The molecule has 0 radical (unpaired) electrons. The summed E-state index contributed by atoms with van der Waals surface area (Å²) in [7, 11) is 0. The van der Waals surface area contributed by atoms with Crippen LogP contribution in [0.25, 0.3) is 0 Å². The SMILES string of the molecule is Cc1cccc(NC(=O)c2ccc3c(c2)[C@@H]2[C@@H]4CC[C@@H](C4)[C@@H]2[C@H](c2ccccc2)N3)c1C. The summed E-state index contributed by atoms with van der Waals surface area (Å²) < 4.78 is 0. The topological polar surface area (TPSA) is 41.1 Å². The number of benzene rings is 3. The van der Waals surface area contributed by atoms with Crippen molar-refractivity contribution >= 4 is 17.3 Å². The Morgan fingerprint density at radius 3 is 2.59 bits per heavy atom. The minimum absolute atomic E-state index is 0.0219. The number of hydrogen-bond donors (Lipinski definition) is 2. The van der Waals surface area contributed by atoms with Crippen LogP contribution in [0, 0.1) is 31.6 Å². The Bertz CT molecular complexity index is 1190. The fourth-order valence-electron chi connectivity index (χ4n) is 6.70. The Labute approximate surface area is 190 Å². The Hall–Kier alpha value is -3.07. The molecule has 3 aromatic carbocycles. The zero-order valence-corrected chi connectivity index (χ0v) is 18.8. The second-order valence-corrected chi connectivity index (χ2v) is 9.97. The van der Waals surface area contributed by atoms with Gasteiger partial charge in [-0.2, -0.15) is 0 Å². The molecule has 2 fully saturated rings. The van der Waals surface area contributed by atoms with Crippen molar-refractivity contribution in [2.75, 3.05) is 10.6 Å². The van der Waals surface area contributed by atoms with Gasteiger partial charge in [0.1, 0.15) is 0 Å². The normalized spacial score (nSPS) is 27.4. The maximum atomic E-state index is 13.2. The third-order valence-electron chi connectivity index (χ3n) is 8.36. The molecule has 32 heavy (non-hydrogen) atoms. The second kappa shape index (κ2) is 7.51. The quantitative estimate of drug-likeness (QED) is 0.484. The molecule has 0 spiro atoms.